The van der Waals surface area contributed by atoms with Crippen LogP contribution in [0.2, 0.25) is 5.02 Å². The molecule has 0 saturated heterocycles. The first-order chi connectivity index (χ1) is 8.63. The monoisotopic (exact) mass is 267 g/mol. The average molecular weight is 268 g/mol. The quantitative estimate of drug-likeness (QED) is 0.901. The third kappa shape index (κ3) is 3.49. The Bertz CT molecular complexity index is 553. The molecule has 0 aliphatic heterocycles. The maximum absolute atomic E-state index is 10.5. The molecule has 1 aromatic carbocycles. The van der Waals surface area contributed by atoms with Crippen LogP contribution in [0.5, 0.6) is 5.75 Å². The number of rotatable bonds is 5. The number of nitrogens with zero attached hydrogens (tertiary/aromatic N) is 1. The highest BCUT2D eigenvalue weighted by Gasteiger charge is 2.08. The molecule has 0 saturated carbocycles. The number of aliphatic carboxylic acids is 1. The van der Waals surface area contributed by atoms with E-state index in [0.717, 1.165) is 0 Å². The summed E-state index contributed by atoms with van der Waals surface area (Å²) in [7, 11) is 0. The Morgan fingerprint density at radius 3 is 3.06 bits per heavy atom. The van der Waals surface area contributed by atoms with Gasteiger partial charge in [0.2, 0.25) is 5.89 Å². The molecule has 0 atom stereocenters. The van der Waals surface area contributed by atoms with E-state index in [4.69, 9.17) is 25.9 Å². The van der Waals surface area contributed by atoms with Gasteiger partial charge in [-0.1, -0.05) is 17.7 Å². The molecule has 5 nitrogen and oxygen atoms in total. The lowest BCUT2D eigenvalue weighted by molar-refractivity contribution is -0.136. The van der Waals surface area contributed by atoms with Crippen molar-refractivity contribution in [2.45, 2.75) is 13.0 Å². The van der Waals surface area contributed by atoms with Gasteiger partial charge in [0, 0.05) is 5.02 Å². The Morgan fingerprint density at radius 2 is 2.33 bits per heavy atom. The number of benzene rings is 1. The molecule has 0 radical (unpaired) electrons. The minimum Gasteiger partial charge on any atom is -0.484 e. The van der Waals surface area contributed by atoms with Crippen molar-refractivity contribution in [2.75, 3.05) is 0 Å². The van der Waals surface area contributed by atoms with E-state index in [-0.39, 0.29) is 13.0 Å². The van der Waals surface area contributed by atoms with Gasteiger partial charge in [0.25, 0.3) is 0 Å². The number of hydrogen-bond acceptors (Lipinski definition) is 4. The van der Waals surface area contributed by atoms with Gasteiger partial charge in [-0.15, -0.1) is 0 Å². The maximum Gasteiger partial charge on any atom is 0.309 e. The first-order valence-corrected chi connectivity index (χ1v) is 5.55. The zero-order valence-electron chi connectivity index (χ0n) is 9.30. The Kier molecular flexibility index (Phi) is 3.84. The first-order valence-electron chi connectivity index (χ1n) is 5.17. The lowest BCUT2D eigenvalue weighted by Crippen LogP contribution is -2.01. The van der Waals surface area contributed by atoms with E-state index in [1.807, 2.05) is 0 Å². The summed E-state index contributed by atoms with van der Waals surface area (Å²) in [6, 6.07) is 6.93. The van der Waals surface area contributed by atoms with Crippen LogP contribution in [0.3, 0.4) is 0 Å². The molecule has 0 amide bonds. The predicted molar refractivity (Wildman–Crippen MR) is 63.6 cm³/mol. The van der Waals surface area contributed by atoms with Crippen LogP contribution in [-0.2, 0) is 17.8 Å². The van der Waals surface area contributed by atoms with Crippen LogP contribution in [0.15, 0.2) is 34.9 Å². The topological polar surface area (TPSA) is 72.6 Å². The number of carboxylic acid groups (broad SMARTS) is 1. The maximum atomic E-state index is 10.5. The molecule has 1 heterocycles. The van der Waals surface area contributed by atoms with Gasteiger partial charge in [-0.05, 0) is 18.2 Å². The molecule has 2 rings (SSSR count). The molecule has 6 heteroatoms. The van der Waals surface area contributed by atoms with Crippen LogP contribution >= 0.6 is 11.6 Å². The molecule has 1 aromatic heterocycles. The zero-order chi connectivity index (χ0) is 13.0. The molecule has 0 unspecified atom stereocenters. The van der Waals surface area contributed by atoms with Gasteiger partial charge in [-0.3, -0.25) is 4.79 Å². The molecular formula is C12H10ClNO4. The Balaban J connectivity index is 1.94. The van der Waals surface area contributed by atoms with Crippen molar-refractivity contribution in [3.63, 3.8) is 0 Å². The lowest BCUT2D eigenvalue weighted by atomic mass is 10.3. The van der Waals surface area contributed by atoms with Crippen molar-refractivity contribution >= 4 is 17.6 Å². The van der Waals surface area contributed by atoms with Crippen LogP contribution in [0.25, 0.3) is 0 Å². The Labute approximate surface area is 108 Å². The normalized spacial score (nSPS) is 10.3. The molecule has 18 heavy (non-hydrogen) atoms. The summed E-state index contributed by atoms with van der Waals surface area (Å²) in [6.45, 7) is 0.125. The molecule has 94 valence electrons. The molecule has 1 N–H and O–H groups in total. The Morgan fingerprint density at radius 1 is 1.50 bits per heavy atom. The van der Waals surface area contributed by atoms with Gasteiger partial charge in [0.05, 0.1) is 12.1 Å². The summed E-state index contributed by atoms with van der Waals surface area (Å²) in [5.41, 5.74) is 0.368. The zero-order valence-corrected chi connectivity index (χ0v) is 10.1. The van der Waals surface area contributed by atoms with Gasteiger partial charge in [0.15, 0.2) is 6.61 Å². The number of hydrogen-bond donors (Lipinski definition) is 1. The van der Waals surface area contributed by atoms with Crippen LogP contribution in [0.1, 0.15) is 11.6 Å². The summed E-state index contributed by atoms with van der Waals surface area (Å²) in [4.78, 5) is 14.4. The summed E-state index contributed by atoms with van der Waals surface area (Å²) >= 11 is 5.80. The van der Waals surface area contributed by atoms with Gasteiger partial charge in [-0.2, -0.15) is 0 Å². The van der Waals surface area contributed by atoms with E-state index in [1.54, 1.807) is 24.3 Å². The highest BCUT2D eigenvalue weighted by atomic mass is 35.5. The lowest BCUT2D eigenvalue weighted by Gasteiger charge is -2.02. The minimum atomic E-state index is -0.953. The number of aromatic nitrogens is 1. The van der Waals surface area contributed by atoms with E-state index in [0.29, 0.717) is 22.4 Å². The molecule has 0 aliphatic carbocycles. The fourth-order valence-electron chi connectivity index (χ4n) is 1.35. The summed E-state index contributed by atoms with van der Waals surface area (Å²) in [5, 5.41) is 9.16. The molecule has 0 fully saturated rings. The summed E-state index contributed by atoms with van der Waals surface area (Å²) in [6.07, 6.45) is 1.14. The molecule has 0 aliphatic rings. The third-order valence-electron chi connectivity index (χ3n) is 2.09. The van der Waals surface area contributed by atoms with Crippen LogP contribution in [-0.4, -0.2) is 16.1 Å². The molecular weight excluding hydrogens is 258 g/mol. The van der Waals surface area contributed by atoms with Gasteiger partial charge < -0.3 is 14.3 Å². The second-order valence-corrected chi connectivity index (χ2v) is 3.99. The summed E-state index contributed by atoms with van der Waals surface area (Å²) < 4.78 is 10.5. The molecule has 0 spiro atoms. The second-order valence-electron chi connectivity index (χ2n) is 3.55. The van der Waals surface area contributed by atoms with Crippen molar-refractivity contribution in [2.24, 2.45) is 0 Å². The number of carboxylic acids is 1. The van der Waals surface area contributed by atoms with Crippen molar-refractivity contribution in [3.8, 4) is 5.75 Å². The third-order valence-corrected chi connectivity index (χ3v) is 2.33. The smallest absolute Gasteiger partial charge is 0.309 e. The van der Waals surface area contributed by atoms with E-state index >= 15 is 0 Å². The number of ether oxygens (including phenoxy) is 1. The van der Waals surface area contributed by atoms with Crippen molar-refractivity contribution in [1.29, 1.82) is 0 Å². The largest absolute Gasteiger partial charge is 0.484 e. The second kappa shape index (κ2) is 5.55. The first kappa shape index (κ1) is 12.4. The van der Waals surface area contributed by atoms with Crippen LogP contribution < -0.4 is 4.74 Å². The van der Waals surface area contributed by atoms with Gasteiger partial charge in [0.1, 0.15) is 12.0 Å². The van der Waals surface area contributed by atoms with Crippen LogP contribution in [0.4, 0.5) is 0 Å². The van der Waals surface area contributed by atoms with Crippen molar-refractivity contribution in [1.82, 2.24) is 4.98 Å². The van der Waals surface area contributed by atoms with E-state index in [1.165, 1.54) is 6.26 Å². The van der Waals surface area contributed by atoms with Crippen molar-refractivity contribution in [3.05, 3.63) is 47.1 Å². The van der Waals surface area contributed by atoms with Crippen molar-refractivity contribution < 1.29 is 19.1 Å². The fraction of sp³-hybridized carbons (Fsp3) is 0.167. The minimum absolute atomic E-state index is 0.125. The number of carbonyl (C=O) groups is 1. The van der Waals surface area contributed by atoms with E-state index < -0.39 is 5.97 Å². The predicted octanol–water partition coefficient (Wildman–Crippen LogP) is 2.53. The van der Waals surface area contributed by atoms with E-state index in [2.05, 4.69) is 4.98 Å². The Hall–Kier alpha value is -2.01. The van der Waals surface area contributed by atoms with E-state index in [9.17, 15) is 4.79 Å². The number of halogens is 1. The van der Waals surface area contributed by atoms with Gasteiger partial charge in [-0.25, -0.2) is 4.98 Å². The molecule has 0 bridgehead atoms. The fourth-order valence-corrected chi connectivity index (χ4v) is 1.53. The average Bonchev–Trinajstić information content (AvgIpc) is 2.73. The van der Waals surface area contributed by atoms with Crippen LogP contribution in [0, 0.1) is 0 Å². The standard InChI is InChI=1S/C12H10ClNO4/c13-8-2-1-3-10(4-8)17-7-11-14-9(6-18-11)5-12(15)16/h1-4,6H,5,7H2,(H,15,16). The summed E-state index contributed by atoms with van der Waals surface area (Å²) in [5.74, 6) is -0.0303. The van der Waals surface area contributed by atoms with Gasteiger partial charge >= 0.3 is 5.97 Å². The highest BCUT2D eigenvalue weighted by Crippen LogP contribution is 2.18. The highest BCUT2D eigenvalue weighted by molar-refractivity contribution is 6.30. The SMILES string of the molecule is O=C(O)Cc1coc(COc2cccc(Cl)c2)n1. The number of oxazole rings is 1. The molecule has 2 aromatic rings.